The summed E-state index contributed by atoms with van der Waals surface area (Å²) < 4.78 is 1.31. The van der Waals surface area contributed by atoms with E-state index in [1.165, 1.54) is 42.4 Å². The quantitative estimate of drug-likeness (QED) is 0.119. The average Bonchev–Trinajstić information content (AvgIpc) is 3.19. The summed E-state index contributed by atoms with van der Waals surface area (Å²) in [6, 6.07) is 20.2. The average molecular weight is 477 g/mol. The molecule has 5 aromatic rings. The third-order valence-electron chi connectivity index (χ3n) is 5.68. The van der Waals surface area contributed by atoms with E-state index in [0.29, 0.717) is 0 Å². The molecular weight excluding hydrogens is 449 g/mol. The van der Waals surface area contributed by atoms with Crippen molar-refractivity contribution in [2.24, 2.45) is 0 Å². The maximum atomic E-state index is 3.67. The van der Waals surface area contributed by atoms with Crippen LogP contribution in [0.25, 0.3) is 42.4 Å². The summed E-state index contributed by atoms with van der Waals surface area (Å²) in [7, 11) is -3.09. The summed E-state index contributed by atoms with van der Waals surface area (Å²) >= 11 is 1.80. The Balaban J connectivity index is 2.04. The summed E-state index contributed by atoms with van der Waals surface area (Å²) in [5.41, 5.74) is 9.61. The van der Waals surface area contributed by atoms with Crippen molar-refractivity contribution >= 4 is 69.9 Å². The molecule has 0 aliphatic heterocycles. The number of rotatable bonds is 0. The molecule has 162 valence electrons. The second kappa shape index (κ2) is 7.89. The van der Waals surface area contributed by atoms with Gasteiger partial charge in [0.1, 0.15) is 16.1 Å². The highest BCUT2D eigenvalue weighted by molar-refractivity contribution is 7.17. The molecule has 0 saturated carbocycles. The third kappa shape index (κ3) is 4.37. The lowest BCUT2D eigenvalue weighted by atomic mass is 9.90. The van der Waals surface area contributed by atoms with Crippen LogP contribution in [0.1, 0.15) is 11.1 Å². The lowest BCUT2D eigenvalue weighted by molar-refractivity contribution is 1.75. The van der Waals surface area contributed by atoms with Crippen LogP contribution in [0.5, 0.6) is 0 Å². The molecule has 0 amide bonds. The predicted octanol–water partition coefficient (Wildman–Crippen LogP) is 8.82. The zero-order valence-electron chi connectivity index (χ0n) is 20.2. The summed E-state index contributed by atoms with van der Waals surface area (Å²) in [6.45, 7) is 13.9. The summed E-state index contributed by atoms with van der Waals surface area (Å²) in [5.74, 6) is 7.34. The van der Waals surface area contributed by atoms with Gasteiger partial charge < -0.3 is 0 Å². The first kappa shape index (κ1) is 22.0. The lowest BCUT2D eigenvalue weighted by Gasteiger charge is -2.14. The Morgan fingerprint density at radius 2 is 1.03 bits per heavy atom. The minimum absolute atomic E-state index is 1.15. The van der Waals surface area contributed by atoms with Gasteiger partial charge in [-0.25, -0.2) is 0 Å². The number of hydrogen-bond donors (Lipinski definition) is 0. The number of benzene rings is 4. The highest BCUT2D eigenvalue weighted by Gasteiger charge is 2.16. The van der Waals surface area contributed by atoms with Crippen molar-refractivity contribution < 1.29 is 0 Å². The van der Waals surface area contributed by atoms with Gasteiger partial charge >= 0.3 is 0 Å². The molecule has 1 aromatic heterocycles. The number of hydrogen-bond acceptors (Lipinski definition) is 1. The van der Waals surface area contributed by atoms with Gasteiger partial charge in [0, 0.05) is 21.2 Å². The van der Waals surface area contributed by atoms with Crippen LogP contribution in [0, 0.1) is 22.9 Å². The van der Waals surface area contributed by atoms with Crippen LogP contribution in [0.2, 0.25) is 39.3 Å². The van der Waals surface area contributed by atoms with Gasteiger partial charge in [0.05, 0.1) is 0 Å². The van der Waals surface area contributed by atoms with E-state index < -0.39 is 16.1 Å². The van der Waals surface area contributed by atoms with Gasteiger partial charge in [-0.3, -0.25) is 0 Å². The van der Waals surface area contributed by atoms with E-state index in [1.807, 2.05) is 0 Å². The molecule has 0 saturated heterocycles. The van der Waals surface area contributed by atoms with E-state index in [9.17, 15) is 0 Å². The van der Waals surface area contributed by atoms with Gasteiger partial charge in [0.2, 0.25) is 0 Å². The van der Waals surface area contributed by atoms with E-state index in [4.69, 9.17) is 0 Å². The molecule has 3 heteroatoms. The highest BCUT2D eigenvalue weighted by Crippen LogP contribution is 2.38. The molecule has 0 aliphatic carbocycles. The zero-order chi connectivity index (χ0) is 23.4. The first-order valence-electron chi connectivity index (χ1n) is 11.4. The minimum atomic E-state index is -1.54. The number of fused-ring (bicyclic) bond motifs is 4. The van der Waals surface area contributed by atoms with Gasteiger partial charge in [-0.1, -0.05) is 75.4 Å². The molecule has 0 unspecified atom stereocenters. The van der Waals surface area contributed by atoms with Gasteiger partial charge in [0.15, 0.2) is 0 Å². The monoisotopic (exact) mass is 476 g/mol. The normalized spacial score (nSPS) is 12.1. The Bertz CT molecular complexity index is 1560. The molecule has 0 N–H and O–H groups in total. The topological polar surface area (TPSA) is 0 Å². The number of thiophene rings is 1. The van der Waals surface area contributed by atoms with Crippen LogP contribution >= 0.6 is 11.3 Å². The van der Waals surface area contributed by atoms with Gasteiger partial charge in [-0.15, -0.1) is 22.4 Å². The van der Waals surface area contributed by atoms with E-state index in [0.717, 1.165) is 11.1 Å². The molecule has 0 fully saturated rings. The predicted molar refractivity (Wildman–Crippen MR) is 155 cm³/mol. The van der Waals surface area contributed by atoms with Crippen LogP contribution in [-0.2, 0) is 0 Å². The molecule has 0 bridgehead atoms. The van der Waals surface area contributed by atoms with Crippen molar-refractivity contribution in [2.75, 3.05) is 0 Å². The minimum Gasteiger partial charge on any atom is -0.144 e. The molecule has 0 nitrogen and oxygen atoms in total. The second-order valence-electron chi connectivity index (χ2n) is 10.9. The second-order valence-corrected chi connectivity index (χ2v) is 21.3. The van der Waals surface area contributed by atoms with Gasteiger partial charge in [0.25, 0.3) is 0 Å². The maximum Gasteiger partial charge on any atom is 0.129 e. The SMILES string of the molecule is C[Si](C)(C)C#Cc1c2cc3ccccc3cc2c(C#C[Si](C)(C)C)c2cc3sccc3cc12. The molecule has 0 atom stereocenters. The first-order valence-corrected chi connectivity index (χ1v) is 19.3. The van der Waals surface area contributed by atoms with E-state index in [1.54, 1.807) is 11.3 Å². The Kier molecular flexibility index (Phi) is 5.26. The smallest absolute Gasteiger partial charge is 0.129 e. The Morgan fingerprint density at radius 1 is 0.576 bits per heavy atom. The molecule has 0 spiro atoms. The lowest BCUT2D eigenvalue weighted by Crippen LogP contribution is -2.16. The van der Waals surface area contributed by atoms with Crippen LogP contribution in [0.3, 0.4) is 0 Å². The van der Waals surface area contributed by atoms with E-state index >= 15 is 0 Å². The van der Waals surface area contributed by atoms with Crippen molar-refractivity contribution in [3.63, 3.8) is 0 Å². The molecule has 1 heterocycles. The van der Waals surface area contributed by atoms with Crippen molar-refractivity contribution in [1.29, 1.82) is 0 Å². The maximum absolute atomic E-state index is 3.67. The van der Waals surface area contributed by atoms with Crippen LogP contribution in [0.4, 0.5) is 0 Å². The van der Waals surface area contributed by atoms with Crippen LogP contribution in [-0.4, -0.2) is 16.1 Å². The molecular formula is C30H28SSi2. The van der Waals surface area contributed by atoms with E-state index in [-0.39, 0.29) is 0 Å². The van der Waals surface area contributed by atoms with Crippen molar-refractivity contribution in [2.45, 2.75) is 39.3 Å². The summed E-state index contributed by atoms with van der Waals surface area (Å²) in [5, 5.41) is 10.9. The van der Waals surface area contributed by atoms with Crippen molar-refractivity contribution in [1.82, 2.24) is 0 Å². The summed E-state index contributed by atoms with van der Waals surface area (Å²) in [6.07, 6.45) is 0. The largest absolute Gasteiger partial charge is 0.144 e. The Morgan fingerprint density at radius 3 is 1.52 bits per heavy atom. The standard InChI is InChI=1S/C30H28SSi2/c1-32(2,3)15-12-24-26-17-21-9-7-8-10-22(21)18-27(26)25(13-16-33(4,5)6)29-20-30-23(11-14-31-30)19-28(24)29/h7-11,14,17-20H,1-6H3. The Hall–Kier alpha value is -2.83. The summed E-state index contributed by atoms with van der Waals surface area (Å²) in [4.78, 5) is 0. The van der Waals surface area contributed by atoms with Crippen LogP contribution in [0.15, 0.2) is 60.0 Å². The van der Waals surface area contributed by atoms with E-state index in [2.05, 4.69) is 122 Å². The molecule has 0 aliphatic rings. The van der Waals surface area contributed by atoms with Gasteiger partial charge in [-0.05, 0) is 68.0 Å². The fourth-order valence-corrected chi connectivity index (χ4v) is 5.95. The van der Waals surface area contributed by atoms with Gasteiger partial charge in [-0.2, -0.15) is 0 Å². The fourth-order valence-electron chi connectivity index (χ4n) is 4.14. The Labute approximate surface area is 202 Å². The molecule has 5 rings (SSSR count). The van der Waals surface area contributed by atoms with Crippen molar-refractivity contribution in [3.8, 4) is 22.9 Å². The molecule has 4 aromatic carbocycles. The fraction of sp³-hybridized carbons (Fsp3) is 0.200. The first-order chi connectivity index (χ1) is 15.6. The highest BCUT2D eigenvalue weighted by atomic mass is 32.1. The third-order valence-corrected chi connectivity index (χ3v) is 8.31. The van der Waals surface area contributed by atoms with Crippen molar-refractivity contribution in [3.05, 3.63) is 71.1 Å². The van der Waals surface area contributed by atoms with Crippen LogP contribution < -0.4 is 0 Å². The molecule has 0 radical (unpaired) electrons. The molecule has 33 heavy (non-hydrogen) atoms. The zero-order valence-corrected chi connectivity index (χ0v) is 23.0.